The number of ether oxygens (including phenoxy) is 1. The van der Waals surface area contributed by atoms with Gasteiger partial charge in [-0.05, 0) is 68.8 Å². The number of hydrogen-bond acceptors (Lipinski definition) is 7. The Kier molecular flexibility index (Phi) is 6.93. The average molecular weight is 484 g/mol. The van der Waals surface area contributed by atoms with Crippen molar-refractivity contribution in [3.63, 3.8) is 0 Å². The maximum absolute atomic E-state index is 5.51. The van der Waals surface area contributed by atoms with Crippen molar-refractivity contribution in [3.8, 4) is 5.75 Å². The minimum atomic E-state index is 0.811. The lowest BCUT2D eigenvalue weighted by Gasteiger charge is -2.22. The summed E-state index contributed by atoms with van der Waals surface area (Å²) >= 11 is 2.30. The van der Waals surface area contributed by atoms with Crippen molar-refractivity contribution in [3.05, 3.63) is 15.7 Å². The van der Waals surface area contributed by atoms with E-state index in [1.807, 2.05) is 6.07 Å². The second-order valence-electron chi connectivity index (χ2n) is 7.25. The number of rotatable bonds is 6. The van der Waals surface area contributed by atoms with Crippen molar-refractivity contribution >= 4 is 45.3 Å². The molecule has 0 aliphatic carbocycles. The van der Waals surface area contributed by atoms with Gasteiger partial charge in [-0.15, -0.1) is 0 Å². The Hall–Kier alpha value is -1.39. The van der Waals surface area contributed by atoms with Gasteiger partial charge < -0.3 is 24.8 Å². The van der Waals surface area contributed by atoms with E-state index in [2.05, 4.69) is 69.8 Å². The fourth-order valence-corrected chi connectivity index (χ4v) is 3.87. The molecule has 8 heteroatoms. The zero-order valence-electron chi connectivity index (χ0n) is 16.6. The van der Waals surface area contributed by atoms with Gasteiger partial charge in [-0.2, -0.15) is 4.98 Å². The number of fused-ring (bicyclic) bond motifs is 1. The van der Waals surface area contributed by atoms with Gasteiger partial charge in [-0.25, -0.2) is 4.98 Å². The standard InChI is InChI=1S/C19H29IN6O/c1-24(2)9-6-21-18-14-12-17(27-4)15(20)13-16(14)22-19(23-18)26-8-5-7-25(3)10-11-26/h12-13H,5-11H2,1-4H3,(H,21,22,23). The van der Waals surface area contributed by atoms with Crippen LogP contribution < -0.4 is 15.0 Å². The van der Waals surface area contributed by atoms with Gasteiger partial charge in [0.15, 0.2) is 0 Å². The highest BCUT2D eigenvalue weighted by Gasteiger charge is 2.18. The van der Waals surface area contributed by atoms with E-state index in [9.17, 15) is 0 Å². The number of nitrogens with zero attached hydrogens (tertiary/aromatic N) is 5. The van der Waals surface area contributed by atoms with E-state index in [-0.39, 0.29) is 0 Å². The molecule has 0 spiro atoms. The monoisotopic (exact) mass is 484 g/mol. The molecule has 0 amide bonds. The predicted molar refractivity (Wildman–Crippen MR) is 120 cm³/mol. The number of benzene rings is 1. The molecular weight excluding hydrogens is 455 g/mol. The molecule has 1 N–H and O–H groups in total. The summed E-state index contributed by atoms with van der Waals surface area (Å²) in [5.74, 6) is 2.54. The van der Waals surface area contributed by atoms with Gasteiger partial charge >= 0.3 is 0 Å². The third kappa shape index (κ3) is 5.11. The molecule has 0 radical (unpaired) electrons. The maximum Gasteiger partial charge on any atom is 0.227 e. The molecule has 1 saturated heterocycles. The fraction of sp³-hybridized carbons (Fsp3) is 0.579. The van der Waals surface area contributed by atoms with Crippen LogP contribution in [0.4, 0.5) is 11.8 Å². The van der Waals surface area contributed by atoms with Crippen LogP contribution in [0.15, 0.2) is 12.1 Å². The van der Waals surface area contributed by atoms with Crippen molar-refractivity contribution in [2.75, 3.05) is 77.7 Å². The summed E-state index contributed by atoms with van der Waals surface area (Å²) in [5, 5.41) is 4.51. The van der Waals surface area contributed by atoms with Crippen LogP contribution in [0.2, 0.25) is 0 Å². The lowest BCUT2D eigenvalue weighted by Crippen LogP contribution is -2.30. The molecule has 1 aliphatic rings. The topological polar surface area (TPSA) is 56.8 Å². The van der Waals surface area contributed by atoms with E-state index in [0.29, 0.717) is 0 Å². The minimum absolute atomic E-state index is 0.811. The maximum atomic E-state index is 5.51. The zero-order chi connectivity index (χ0) is 19.4. The molecule has 0 bridgehead atoms. The van der Waals surface area contributed by atoms with Crippen molar-refractivity contribution in [1.29, 1.82) is 0 Å². The normalized spacial score (nSPS) is 16.0. The Morgan fingerprint density at radius 1 is 1.19 bits per heavy atom. The number of methoxy groups -OCH3 is 1. The molecule has 1 aliphatic heterocycles. The highest BCUT2D eigenvalue weighted by molar-refractivity contribution is 14.1. The number of nitrogens with one attached hydrogen (secondary N) is 1. The third-order valence-electron chi connectivity index (χ3n) is 4.81. The molecule has 1 aromatic carbocycles. The van der Waals surface area contributed by atoms with Gasteiger partial charge in [-0.3, -0.25) is 0 Å². The van der Waals surface area contributed by atoms with Gasteiger partial charge in [-0.1, -0.05) is 0 Å². The molecule has 2 heterocycles. The van der Waals surface area contributed by atoms with Crippen LogP contribution in [0, 0.1) is 3.57 Å². The summed E-state index contributed by atoms with van der Waals surface area (Å²) in [6.07, 6.45) is 1.13. The van der Waals surface area contributed by atoms with Gasteiger partial charge in [0.25, 0.3) is 0 Å². The molecule has 148 valence electrons. The average Bonchev–Trinajstić information content (AvgIpc) is 2.85. The molecular formula is C19H29IN6O. The van der Waals surface area contributed by atoms with Crippen LogP contribution in [0.5, 0.6) is 5.75 Å². The zero-order valence-corrected chi connectivity index (χ0v) is 18.8. The van der Waals surface area contributed by atoms with Crippen LogP contribution in [0.1, 0.15) is 6.42 Å². The Morgan fingerprint density at radius 2 is 2.00 bits per heavy atom. The first-order valence-electron chi connectivity index (χ1n) is 9.35. The van der Waals surface area contributed by atoms with Crippen molar-refractivity contribution < 1.29 is 4.74 Å². The highest BCUT2D eigenvalue weighted by atomic mass is 127. The van der Waals surface area contributed by atoms with E-state index in [4.69, 9.17) is 14.7 Å². The Balaban J connectivity index is 1.98. The van der Waals surface area contributed by atoms with Crippen LogP contribution >= 0.6 is 22.6 Å². The van der Waals surface area contributed by atoms with E-state index in [0.717, 1.165) is 77.7 Å². The lowest BCUT2D eigenvalue weighted by molar-refractivity contribution is 0.360. The number of likely N-dealkylation sites (N-methyl/N-ethyl adjacent to an activating group) is 2. The first-order valence-corrected chi connectivity index (χ1v) is 10.4. The number of aromatic nitrogens is 2. The molecule has 1 fully saturated rings. The van der Waals surface area contributed by atoms with Gasteiger partial charge in [0, 0.05) is 38.1 Å². The lowest BCUT2D eigenvalue weighted by atomic mass is 10.2. The predicted octanol–water partition coefficient (Wildman–Crippen LogP) is 2.36. The molecule has 0 unspecified atom stereocenters. The molecule has 0 saturated carbocycles. The minimum Gasteiger partial charge on any atom is -0.496 e. The second-order valence-corrected chi connectivity index (χ2v) is 8.41. The largest absolute Gasteiger partial charge is 0.496 e. The Morgan fingerprint density at radius 3 is 2.74 bits per heavy atom. The van der Waals surface area contributed by atoms with Crippen molar-refractivity contribution in [1.82, 2.24) is 19.8 Å². The van der Waals surface area contributed by atoms with Crippen molar-refractivity contribution in [2.24, 2.45) is 0 Å². The van der Waals surface area contributed by atoms with E-state index >= 15 is 0 Å². The van der Waals surface area contributed by atoms with E-state index in [1.165, 1.54) is 0 Å². The van der Waals surface area contributed by atoms with Crippen LogP contribution in [-0.4, -0.2) is 87.3 Å². The summed E-state index contributed by atoms with van der Waals surface area (Å²) in [4.78, 5) is 16.6. The number of halogens is 1. The summed E-state index contributed by atoms with van der Waals surface area (Å²) in [6, 6.07) is 4.12. The fourth-order valence-electron chi connectivity index (χ4n) is 3.20. The molecule has 27 heavy (non-hydrogen) atoms. The van der Waals surface area contributed by atoms with Crippen molar-refractivity contribution in [2.45, 2.75) is 6.42 Å². The Bertz CT molecular complexity index is 784. The highest BCUT2D eigenvalue weighted by Crippen LogP contribution is 2.31. The van der Waals surface area contributed by atoms with Gasteiger partial charge in [0.2, 0.25) is 5.95 Å². The van der Waals surface area contributed by atoms with E-state index < -0.39 is 0 Å². The summed E-state index contributed by atoms with van der Waals surface area (Å²) in [7, 11) is 8.02. The van der Waals surface area contributed by atoms with Gasteiger partial charge in [0.05, 0.1) is 16.2 Å². The quantitative estimate of drug-likeness (QED) is 0.632. The number of hydrogen-bond donors (Lipinski definition) is 1. The first-order chi connectivity index (χ1) is 13.0. The molecule has 0 atom stereocenters. The Labute approximate surface area is 175 Å². The molecule has 3 rings (SSSR count). The molecule has 7 nitrogen and oxygen atoms in total. The SMILES string of the molecule is COc1cc2c(NCCN(C)C)nc(N3CCCN(C)CC3)nc2cc1I. The second kappa shape index (κ2) is 9.20. The molecule has 2 aromatic rings. The van der Waals surface area contributed by atoms with Gasteiger partial charge in [0.1, 0.15) is 11.6 Å². The van der Waals surface area contributed by atoms with Crippen LogP contribution in [0.3, 0.4) is 0 Å². The number of anilines is 2. The smallest absolute Gasteiger partial charge is 0.227 e. The third-order valence-corrected chi connectivity index (χ3v) is 5.65. The summed E-state index contributed by atoms with van der Waals surface area (Å²) < 4.78 is 6.57. The van der Waals surface area contributed by atoms with Crippen LogP contribution in [-0.2, 0) is 0 Å². The first kappa shape index (κ1) is 20.3. The summed E-state index contributed by atoms with van der Waals surface area (Å²) in [6.45, 7) is 5.86. The van der Waals surface area contributed by atoms with Crippen LogP contribution in [0.25, 0.3) is 10.9 Å². The van der Waals surface area contributed by atoms with E-state index in [1.54, 1.807) is 7.11 Å². The molecule has 1 aromatic heterocycles. The summed E-state index contributed by atoms with van der Waals surface area (Å²) in [5.41, 5.74) is 0.954.